The molecule has 0 N–H and O–H groups in total. The summed E-state index contributed by atoms with van der Waals surface area (Å²) in [4.78, 5) is 0. The first kappa shape index (κ1) is 7.11. The van der Waals surface area contributed by atoms with E-state index in [2.05, 4.69) is 13.8 Å². The highest BCUT2D eigenvalue weighted by atomic mass is 14.3. The Bertz CT molecular complexity index is 66.1. The van der Waals surface area contributed by atoms with E-state index in [0.29, 0.717) is 0 Å². The van der Waals surface area contributed by atoms with Crippen LogP contribution in [0.15, 0.2) is 0 Å². The third-order valence-corrected chi connectivity index (χ3v) is 2.87. The maximum absolute atomic E-state index is 2.33. The second-order valence-corrected chi connectivity index (χ2v) is 3.27. The molecule has 0 heteroatoms. The van der Waals surface area contributed by atoms with E-state index in [4.69, 9.17) is 0 Å². The minimum atomic E-state index is 1.08. The minimum Gasteiger partial charge on any atom is -0.0651 e. The second-order valence-electron chi connectivity index (χ2n) is 3.27. The average molecular weight is 126 g/mol. The lowest BCUT2D eigenvalue weighted by Gasteiger charge is -2.14. The Hall–Kier alpha value is 0. The summed E-state index contributed by atoms with van der Waals surface area (Å²) in [6.45, 7) is 4.66. The van der Waals surface area contributed by atoms with Crippen molar-refractivity contribution in [2.24, 2.45) is 11.8 Å². The van der Waals surface area contributed by atoms with Gasteiger partial charge >= 0.3 is 0 Å². The Kier molecular flexibility index (Phi) is 2.56. The third-order valence-electron chi connectivity index (χ3n) is 2.87. The van der Waals surface area contributed by atoms with Crippen molar-refractivity contribution in [1.82, 2.24) is 0 Å². The summed E-state index contributed by atoms with van der Waals surface area (Å²) >= 11 is 0. The molecule has 1 fully saturated rings. The second kappa shape index (κ2) is 3.24. The zero-order chi connectivity index (χ0) is 6.69. The highest BCUT2D eigenvalue weighted by molar-refractivity contribution is 4.74. The van der Waals surface area contributed by atoms with Crippen LogP contribution in [0.25, 0.3) is 0 Å². The molecule has 0 aromatic heterocycles. The monoisotopic (exact) mass is 126 g/mol. The molecular formula is C9H18. The average Bonchev–Trinajstić information content (AvgIpc) is 2.33. The van der Waals surface area contributed by atoms with Gasteiger partial charge in [-0.3, -0.25) is 0 Å². The van der Waals surface area contributed by atoms with E-state index in [9.17, 15) is 0 Å². The van der Waals surface area contributed by atoms with E-state index >= 15 is 0 Å². The van der Waals surface area contributed by atoms with Crippen LogP contribution in [0.2, 0.25) is 0 Å². The zero-order valence-electron chi connectivity index (χ0n) is 6.69. The lowest BCUT2D eigenvalue weighted by atomic mass is 9.92. The number of hydrogen-bond donors (Lipinski definition) is 0. The molecule has 2 atom stereocenters. The highest BCUT2D eigenvalue weighted by Gasteiger charge is 2.23. The summed E-state index contributed by atoms with van der Waals surface area (Å²) in [7, 11) is 0. The molecule has 1 aliphatic carbocycles. The summed E-state index contributed by atoms with van der Waals surface area (Å²) < 4.78 is 0. The molecule has 9 heavy (non-hydrogen) atoms. The first-order chi connectivity index (χ1) is 4.38. The Morgan fingerprint density at radius 2 is 1.44 bits per heavy atom. The van der Waals surface area contributed by atoms with Gasteiger partial charge in [0.05, 0.1) is 0 Å². The molecule has 0 radical (unpaired) electrons. The van der Waals surface area contributed by atoms with E-state index in [-0.39, 0.29) is 0 Å². The van der Waals surface area contributed by atoms with Crippen molar-refractivity contribution in [3.63, 3.8) is 0 Å². The smallest absolute Gasteiger partial charge is 0.0389 e. The van der Waals surface area contributed by atoms with E-state index in [1.807, 2.05) is 0 Å². The van der Waals surface area contributed by atoms with E-state index in [1.54, 1.807) is 0 Å². The van der Waals surface area contributed by atoms with Crippen LogP contribution in [0.1, 0.15) is 46.0 Å². The molecular weight excluding hydrogens is 108 g/mol. The molecule has 1 aliphatic rings. The largest absolute Gasteiger partial charge is 0.0651 e. The fourth-order valence-corrected chi connectivity index (χ4v) is 2.19. The van der Waals surface area contributed by atoms with Crippen LogP contribution in [0.4, 0.5) is 0 Å². The summed E-state index contributed by atoms with van der Waals surface area (Å²) in [5.74, 6) is 2.16. The highest BCUT2D eigenvalue weighted by Crippen LogP contribution is 2.35. The van der Waals surface area contributed by atoms with Crippen molar-refractivity contribution in [2.45, 2.75) is 46.0 Å². The predicted octanol–water partition coefficient (Wildman–Crippen LogP) is 3.22. The van der Waals surface area contributed by atoms with Crippen LogP contribution in [0.5, 0.6) is 0 Å². The summed E-state index contributed by atoms with van der Waals surface area (Å²) in [6.07, 6.45) is 7.35. The zero-order valence-corrected chi connectivity index (χ0v) is 6.69. The maximum atomic E-state index is 2.33. The predicted molar refractivity (Wildman–Crippen MR) is 41.4 cm³/mol. The van der Waals surface area contributed by atoms with Gasteiger partial charge in [-0.1, -0.05) is 46.0 Å². The van der Waals surface area contributed by atoms with Crippen molar-refractivity contribution in [3.8, 4) is 0 Å². The van der Waals surface area contributed by atoms with Gasteiger partial charge in [-0.25, -0.2) is 0 Å². The standard InChI is InChI=1S/C9H18/c1-3-8-6-5-7-9(8)4-2/h8-9H,3-7H2,1-2H3/t8-,9?/m0/s1. The van der Waals surface area contributed by atoms with Gasteiger partial charge in [0, 0.05) is 0 Å². The van der Waals surface area contributed by atoms with Crippen molar-refractivity contribution in [2.75, 3.05) is 0 Å². The van der Waals surface area contributed by atoms with Crippen molar-refractivity contribution in [3.05, 3.63) is 0 Å². The van der Waals surface area contributed by atoms with Gasteiger partial charge in [0.1, 0.15) is 0 Å². The molecule has 0 amide bonds. The Morgan fingerprint density at radius 1 is 1.00 bits per heavy atom. The van der Waals surface area contributed by atoms with Crippen LogP contribution < -0.4 is 0 Å². The maximum Gasteiger partial charge on any atom is -0.0389 e. The fraction of sp³-hybridized carbons (Fsp3) is 1.00. The Labute approximate surface area is 58.7 Å². The number of hydrogen-bond acceptors (Lipinski definition) is 0. The summed E-state index contributed by atoms with van der Waals surface area (Å²) in [5.41, 5.74) is 0. The Morgan fingerprint density at radius 3 is 1.78 bits per heavy atom. The van der Waals surface area contributed by atoms with Crippen LogP contribution in [0.3, 0.4) is 0 Å². The molecule has 0 nitrogen and oxygen atoms in total. The SMILES string of the molecule is CCC1CCC[C@@H]1CC. The molecule has 0 aromatic carbocycles. The normalized spacial score (nSPS) is 35.3. The van der Waals surface area contributed by atoms with Crippen molar-refractivity contribution < 1.29 is 0 Å². The molecule has 0 saturated heterocycles. The van der Waals surface area contributed by atoms with E-state index in [0.717, 1.165) is 11.8 Å². The first-order valence-corrected chi connectivity index (χ1v) is 4.38. The van der Waals surface area contributed by atoms with Crippen LogP contribution in [-0.2, 0) is 0 Å². The molecule has 0 aliphatic heterocycles. The molecule has 0 heterocycles. The van der Waals surface area contributed by atoms with E-state index in [1.165, 1.54) is 32.1 Å². The summed E-state index contributed by atoms with van der Waals surface area (Å²) in [6, 6.07) is 0. The van der Waals surface area contributed by atoms with Gasteiger partial charge in [-0.05, 0) is 11.8 Å². The number of rotatable bonds is 2. The van der Waals surface area contributed by atoms with Crippen molar-refractivity contribution in [1.29, 1.82) is 0 Å². The van der Waals surface area contributed by atoms with Gasteiger partial charge in [0.25, 0.3) is 0 Å². The third kappa shape index (κ3) is 1.47. The van der Waals surface area contributed by atoms with Gasteiger partial charge in [0.15, 0.2) is 0 Å². The van der Waals surface area contributed by atoms with Gasteiger partial charge < -0.3 is 0 Å². The lowest BCUT2D eigenvalue weighted by molar-refractivity contribution is 0.367. The van der Waals surface area contributed by atoms with Crippen LogP contribution in [-0.4, -0.2) is 0 Å². The molecule has 0 bridgehead atoms. The van der Waals surface area contributed by atoms with Gasteiger partial charge in [-0.15, -0.1) is 0 Å². The lowest BCUT2D eigenvalue weighted by Crippen LogP contribution is -2.04. The van der Waals surface area contributed by atoms with Gasteiger partial charge in [-0.2, -0.15) is 0 Å². The molecule has 54 valence electrons. The molecule has 0 aromatic rings. The topological polar surface area (TPSA) is 0 Å². The minimum absolute atomic E-state index is 1.08. The van der Waals surface area contributed by atoms with Crippen LogP contribution in [0, 0.1) is 11.8 Å². The fourth-order valence-electron chi connectivity index (χ4n) is 2.19. The molecule has 0 spiro atoms. The van der Waals surface area contributed by atoms with Gasteiger partial charge in [0.2, 0.25) is 0 Å². The van der Waals surface area contributed by atoms with Crippen molar-refractivity contribution >= 4 is 0 Å². The quantitative estimate of drug-likeness (QED) is 0.533. The van der Waals surface area contributed by atoms with E-state index < -0.39 is 0 Å². The molecule has 1 saturated carbocycles. The molecule has 1 rings (SSSR count). The van der Waals surface area contributed by atoms with Crippen LogP contribution >= 0.6 is 0 Å². The first-order valence-electron chi connectivity index (χ1n) is 4.38. The molecule has 1 unspecified atom stereocenters. The summed E-state index contributed by atoms with van der Waals surface area (Å²) in [5, 5.41) is 0. The Balaban J connectivity index is 2.32.